The number of methoxy groups -OCH3 is 1. The molecule has 2 aromatic rings. The first kappa shape index (κ1) is 20.3. The summed E-state index contributed by atoms with van der Waals surface area (Å²) >= 11 is 6.17. The number of rotatable bonds is 8. The highest BCUT2D eigenvalue weighted by Gasteiger charge is 2.22. The molecule has 0 saturated carbocycles. The van der Waals surface area contributed by atoms with E-state index in [-0.39, 0.29) is 20.4 Å². The minimum atomic E-state index is -3.82. The van der Waals surface area contributed by atoms with Gasteiger partial charge in [0, 0.05) is 22.6 Å². The Bertz CT molecular complexity index is 806. The number of halogens is 3. The Morgan fingerprint density at radius 1 is 1.08 bits per heavy atom. The van der Waals surface area contributed by atoms with Crippen LogP contribution in [0.1, 0.15) is 5.56 Å². The van der Waals surface area contributed by atoms with Gasteiger partial charge in [0.1, 0.15) is 23.1 Å². The minimum absolute atomic E-state index is 0.0478. The van der Waals surface area contributed by atoms with Gasteiger partial charge in [0.15, 0.2) is 0 Å². The molecular weight excluding hydrogens is 481 g/mol. The van der Waals surface area contributed by atoms with Crippen LogP contribution < -0.4 is 9.46 Å². The number of hydrogen-bond acceptors (Lipinski definition) is 4. The van der Waals surface area contributed by atoms with Crippen molar-refractivity contribution in [3.63, 3.8) is 0 Å². The summed E-state index contributed by atoms with van der Waals surface area (Å²) in [6.45, 7) is 1.02. The Balaban J connectivity index is 2.05. The normalized spacial score (nSPS) is 11.5. The molecule has 5 nitrogen and oxygen atoms in total. The highest BCUT2D eigenvalue weighted by Crippen LogP contribution is 2.31. The van der Waals surface area contributed by atoms with Gasteiger partial charge >= 0.3 is 0 Å². The maximum Gasteiger partial charge on any atom is 0.243 e. The van der Waals surface area contributed by atoms with Crippen LogP contribution in [0.25, 0.3) is 0 Å². The molecule has 9 heteroatoms. The van der Waals surface area contributed by atoms with Gasteiger partial charge in [0.2, 0.25) is 10.0 Å². The average Bonchev–Trinajstić information content (AvgIpc) is 2.53. The molecule has 2 aromatic carbocycles. The van der Waals surface area contributed by atoms with Crippen molar-refractivity contribution in [3.8, 4) is 5.75 Å². The molecule has 0 aliphatic rings. The number of benzene rings is 2. The van der Waals surface area contributed by atoms with Gasteiger partial charge in [-0.1, -0.05) is 12.1 Å². The molecule has 0 unspecified atom stereocenters. The maximum atomic E-state index is 13.3. The van der Waals surface area contributed by atoms with Gasteiger partial charge in [-0.3, -0.25) is 0 Å². The zero-order valence-corrected chi connectivity index (χ0v) is 17.2. The molecule has 0 bridgehead atoms. The molecule has 0 amide bonds. The highest BCUT2D eigenvalue weighted by molar-refractivity contribution is 9.11. The fourth-order valence-electron chi connectivity index (χ4n) is 1.98. The van der Waals surface area contributed by atoms with E-state index >= 15 is 0 Å². The Labute approximate surface area is 162 Å². The molecule has 0 aliphatic heterocycles. The van der Waals surface area contributed by atoms with Crippen LogP contribution in [-0.2, 0) is 21.3 Å². The number of hydrogen-bond donors (Lipinski definition) is 1. The maximum absolute atomic E-state index is 13.3. The van der Waals surface area contributed by atoms with Crippen molar-refractivity contribution < 1.29 is 22.3 Å². The summed E-state index contributed by atoms with van der Waals surface area (Å²) in [7, 11) is -2.23. The molecule has 136 valence electrons. The van der Waals surface area contributed by atoms with E-state index in [0.717, 1.165) is 17.7 Å². The van der Waals surface area contributed by atoms with Crippen LogP contribution in [0.4, 0.5) is 4.39 Å². The predicted molar refractivity (Wildman–Crippen MR) is 99.6 cm³/mol. The molecule has 0 radical (unpaired) electrons. The largest absolute Gasteiger partial charge is 0.491 e. The zero-order chi connectivity index (χ0) is 18.4. The second-order valence-electron chi connectivity index (χ2n) is 5.01. The van der Waals surface area contributed by atoms with Gasteiger partial charge in [-0.05, 0) is 61.7 Å². The highest BCUT2D eigenvalue weighted by atomic mass is 79.9. The number of nitrogens with one attached hydrogen (secondary N) is 1. The Morgan fingerprint density at radius 3 is 2.24 bits per heavy atom. The van der Waals surface area contributed by atoms with Crippen molar-refractivity contribution >= 4 is 41.9 Å². The zero-order valence-electron chi connectivity index (χ0n) is 13.3. The molecule has 0 saturated heterocycles. The predicted octanol–water partition coefficient (Wildman–Crippen LogP) is 3.85. The van der Waals surface area contributed by atoms with E-state index in [1.54, 1.807) is 31.4 Å². The lowest BCUT2D eigenvalue weighted by atomic mass is 10.2. The van der Waals surface area contributed by atoms with Gasteiger partial charge in [0.05, 0.1) is 6.61 Å². The Morgan fingerprint density at radius 2 is 1.68 bits per heavy atom. The summed E-state index contributed by atoms with van der Waals surface area (Å²) in [6, 6.07) is 9.24. The van der Waals surface area contributed by atoms with E-state index < -0.39 is 15.8 Å². The summed E-state index contributed by atoms with van der Waals surface area (Å²) < 4.78 is 51.4. The summed E-state index contributed by atoms with van der Waals surface area (Å²) in [5, 5.41) is 0. The third-order valence-corrected chi connectivity index (χ3v) is 6.46. The third-order valence-electron chi connectivity index (χ3n) is 3.18. The van der Waals surface area contributed by atoms with Gasteiger partial charge in [-0.15, -0.1) is 0 Å². The van der Waals surface area contributed by atoms with E-state index in [2.05, 4.69) is 36.6 Å². The van der Waals surface area contributed by atoms with Gasteiger partial charge in [-0.25, -0.2) is 17.5 Å². The quantitative estimate of drug-likeness (QED) is 0.563. The second kappa shape index (κ2) is 9.09. The topological polar surface area (TPSA) is 64.6 Å². The summed E-state index contributed by atoms with van der Waals surface area (Å²) in [6.07, 6.45) is 0. The summed E-state index contributed by atoms with van der Waals surface area (Å²) in [5.41, 5.74) is 0.761. The van der Waals surface area contributed by atoms with Crippen molar-refractivity contribution in [1.29, 1.82) is 0 Å². The first-order valence-electron chi connectivity index (χ1n) is 7.18. The van der Waals surface area contributed by atoms with Crippen LogP contribution in [0.15, 0.2) is 50.2 Å². The van der Waals surface area contributed by atoms with Crippen LogP contribution in [-0.4, -0.2) is 28.7 Å². The van der Waals surface area contributed by atoms with Crippen molar-refractivity contribution in [3.05, 3.63) is 56.7 Å². The van der Waals surface area contributed by atoms with Crippen molar-refractivity contribution in [2.45, 2.75) is 11.4 Å². The van der Waals surface area contributed by atoms with Gasteiger partial charge < -0.3 is 9.47 Å². The lowest BCUT2D eigenvalue weighted by Gasteiger charge is -2.11. The van der Waals surface area contributed by atoms with E-state index in [9.17, 15) is 12.8 Å². The third kappa shape index (κ3) is 5.75. The molecule has 2 rings (SSSR count). The van der Waals surface area contributed by atoms with Crippen LogP contribution in [0, 0.1) is 5.82 Å². The average molecular weight is 497 g/mol. The molecule has 1 N–H and O–H groups in total. The van der Waals surface area contributed by atoms with E-state index in [0.29, 0.717) is 19.0 Å². The number of ether oxygens (including phenoxy) is 2. The first-order valence-corrected chi connectivity index (χ1v) is 10.3. The molecule has 0 aliphatic carbocycles. The lowest BCUT2D eigenvalue weighted by molar-refractivity contribution is 0.146. The SMILES string of the molecule is COCCOc1ccc(CNS(=O)(=O)c2c(Br)cc(F)cc2Br)cc1. The van der Waals surface area contributed by atoms with Crippen LogP contribution >= 0.6 is 31.9 Å². The standard InChI is InChI=1S/C16H16Br2FNO4S/c1-23-6-7-24-13-4-2-11(3-5-13)10-20-25(21,22)16-14(17)8-12(19)9-15(16)18/h2-5,8-9,20H,6-7,10H2,1H3. The summed E-state index contributed by atoms with van der Waals surface area (Å²) in [5.74, 6) is 0.134. The Hall–Kier alpha value is -1.00. The fraction of sp³-hybridized carbons (Fsp3) is 0.250. The molecule has 0 spiro atoms. The van der Waals surface area contributed by atoms with Crippen molar-refractivity contribution in [2.75, 3.05) is 20.3 Å². The minimum Gasteiger partial charge on any atom is -0.491 e. The van der Waals surface area contributed by atoms with Gasteiger partial charge in [-0.2, -0.15) is 0 Å². The van der Waals surface area contributed by atoms with E-state index in [4.69, 9.17) is 9.47 Å². The van der Waals surface area contributed by atoms with E-state index in [1.165, 1.54) is 0 Å². The summed E-state index contributed by atoms with van der Waals surface area (Å²) in [4.78, 5) is -0.0478. The molecule has 0 aromatic heterocycles. The molecule has 25 heavy (non-hydrogen) atoms. The van der Waals surface area contributed by atoms with Crippen LogP contribution in [0.3, 0.4) is 0 Å². The number of sulfonamides is 1. The van der Waals surface area contributed by atoms with Crippen molar-refractivity contribution in [1.82, 2.24) is 4.72 Å². The molecular formula is C16H16Br2FNO4S. The second-order valence-corrected chi connectivity index (χ2v) is 8.42. The molecule has 0 atom stereocenters. The van der Waals surface area contributed by atoms with Gasteiger partial charge in [0.25, 0.3) is 0 Å². The van der Waals surface area contributed by atoms with Crippen molar-refractivity contribution in [2.24, 2.45) is 0 Å². The van der Waals surface area contributed by atoms with Crippen LogP contribution in [0.5, 0.6) is 5.75 Å². The monoisotopic (exact) mass is 495 g/mol. The smallest absolute Gasteiger partial charge is 0.243 e. The van der Waals surface area contributed by atoms with E-state index in [1.807, 2.05) is 0 Å². The fourth-order valence-corrected chi connectivity index (χ4v) is 5.52. The Kier molecular flexibility index (Phi) is 7.38. The molecule has 0 heterocycles. The first-order chi connectivity index (χ1) is 11.8. The lowest BCUT2D eigenvalue weighted by Crippen LogP contribution is -2.24. The molecule has 0 fully saturated rings. The van der Waals surface area contributed by atoms with Crippen LogP contribution in [0.2, 0.25) is 0 Å².